The molecule has 0 radical (unpaired) electrons. The summed E-state index contributed by atoms with van der Waals surface area (Å²) in [6, 6.07) is 10.1. The minimum atomic E-state index is -0.883. The Balaban J connectivity index is 1.50. The van der Waals surface area contributed by atoms with Crippen molar-refractivity contribution in [1.29, 1.82) is 0 Å². The molecule has 0 saturated carbocycles. The summed E-state index contributed by atoms with van der Waals surface area (Å²) in [6.07, 6.45) is 3.56. The molecule has 8 heteroatoms. The highest BCUT2D eigenvalue weighted by molar-refractivity contribution is 6.04. The number of urea groups is 1. The van der Waals surface area contributed by atoms with Gasteiger partial charge in [-0.1, -0.05) is 12.1 Å². The fourth-order valence-corrected chi connectivity index (χ4v) is 3.01. The van der Waals surface area contributed by atoms with Crippen molar-refractivity contribution in [3.63, 3.8) is 0 Å². The van der Waals surface area contributed by atoms with Crippen LogP contribution in [-0.4, -0.2) is 46.0 Å². The van der Waals surface area contributed by atoms with Gasteiger partial charge in [0.2, 0.25) is 0 Å². The molecule has 28 heavy (non-hydrogen) atoms. The number of pyridine rings is 1. The number of nitrogens with zero attached hydrogens (tertiary/aromatic N) is 2. The lowest BCUT2D eigenvalue weighted by Gasteiger charge is -2.20. The summed E-state index contributed by atoms with van der Waals surface area (Å²) in [4.78, 5) is 41.1. The largest absolute Gasteiger partial charge is 0.481 e. The Morgan fingerprint density at radius 1 is 1.14 bits per heavy atom. The summed E-state index contributed by atoms with van der Waals surface area (Å²) in [5.74, 6) is -1.11. The maximum Gasteiger partial charge on any atom is 0.317 e. The van der Waals surface area contributed by atoms with Crippen molar-refractivity contribution >= 4 is 23.6 Å². The number of rotatable bonds is 5. The van der Waals surface area contributed by atoms with Gasteiger partial charge >= 0.3 is 12.0 Å². The minimum absolute atomic E-state index is 0.203. The molecule has 1 fully saturated rings. The predicted octanol–water partition coefficient (Wildman–Crippen LogP) is 2.34. The van der Waals surface area contributed by atoms with E-state index in [1.807, 2.05) is 12.1 Å². The molecule has 1 saturated heterocycles. The van der Waals surface area contributed by atoms with Crippen LogP contribution in [0.1, 0.15) is 29.3 Å². The number of hydrogen-bond acceptors (Lipinski definition) is 4. The molecule has 1 aliphatic rings. The van der Waals surface area contributed by atoms with Gasteiger partial charge in [0.15, 0.2) is 0 Å². The zero-order valence-corrected chi connectivity index (χ0v) is 15.5. The maximum absolute atomic E-state index is 12.3. The second kappa shape index (κ2) is 8.08. The van der Waals surface area contributed by atoms with Crippen LogP contribution >= 0.6 is 0 Å². The maximum atomic E-state index is 12.3. The van der Waals surface area contributed by atoms with Gasteiger partial charge in [-0.2, -0.15) is 0 Å². The van der Waals surface area contributed by atoms with Crippen LogP contribution in [0.2, 0.25) is 0 Å². The third-order valence-corrected chi connectivity index (χ3v) is 4.87. The number of benzene rings is 1. The molecule has 3 N–H and O–H groups in total. The molecule has 2 heterocycles. The summed E-state index contributed by atoms with van der Waals surface area (Å²) in [5.41, 5.74) is 1.15. The molecule has 3 rings (SSSR count). The fraction of sp³-hybridized carbons (Fsp3) is 0.300. The first-order valence-corrected chi connectivity index (χ1v) is 8.94. The molecule has 3 amide bonds. The zero-order valence-electron chi connectivity index (χ0n) is 15.5. The van der Waals surface area contributed by atoms with E-state index in [-0.39, 0.29) is 18.5 Å². The molecule has 0 bridgehead atoms. The van der Waals surface area contributed by atoms with E-state index in [2.05, 4.69) is 15.6 Å². The van der Waals surface area contributed by atoms with Gasteiger partial charge in [-0.25, -0.2) is 4.79 Å². The lowest BCUT2D eigenvalue weighted by molar-refractivity contribution is -0.147. The van der Waals surface area contributed by atoms with Crippen LogP contribution in [0, 0.1) is 5.41 Å². The van der Waals surface area contributed by atoms with Gasteiger partial charge < -0.3 is 20.6 Å². The Labute approximate surface area is 162 Å². The number of carbonyl (C=O) groups is 3. The quantitative estimate of drug-likeness (QED) is 0.735. The van der Waals surface area contributed by atoms with E-state index >= 15 is 0 Å². The van der Waals surface area contributed by atoms with E-state index in [4.69, 9.17) is 0 Å². The third-order valence-electron chi connectivity index (χ3n) is 4.87. The number of aromatic nitrogens is 1. The monoisotopic (exact) mass is 382 g/mol. The lowest BCUT2D eigenvalue weighted by atomic mass is 9.90. The average Bonchev–Trinajstić information content (AvgIpc) is 3.12. The Hall–Kier alpha value is -3.42. The van der Waals surface area contributed by atoms with Gasteiger partial charge in [-0.15, -0.1) is 0 Å². The normalized spacial score (nSPS) is 18.5. The van der Waals surface area contributed by atoms with Crippen molar-refractivity contribution < 1.29 is 19.5 Å². The first kappa shape index (κ1) is 19.3. The summed E-state index contributed by atoms with van der Waals surface area (Å²) in [6.45, 7) is 2.60. The van der Waals surface area contributed by atoms with Crippen LogP contribution in [0.3, 0.4) is 0 Å². The number of hydrogen-bond donors (Lipinski definition) is 3. The molecular formula is C20H22N4O4. The number of anilines is 1. The van der Waals surface area contributed by atoms with E-state index < -0.39 is 11.4 Å². The van der Waals surface area contributed by atoms with Crippen molar-refractivity contribution in [3.05, 3.63) is 59.9 Å². The van der Waals surface area contributed by atoms with E-state index in [1.165, 1.54) is 4.90 Å². The van der Waals surface area contributed by atoms with E-state index in [1.54, 1.807) is 43.6 Å². The number of amides is 3. The Morgan fingerprint density at radius 3 is 2.43 bits per heavy atom. The molecule has 0 spiro atoms. The van der Waals surface area contributed by atoms with E-state index in [0.717, 1.165) is 5.56 Å². The number of carboxylic acids is 1. The van der Waals surface area contributed by atoms with Crippen LogP contribution in [0.5, 0.6) is 0 Å². The molecule has 0 aliphatic carbocycles. The third kappa shape index (κ3) is 4.46. The van der Waals surface area contributed by atoms with Crippen LogP contribution in [-0.2, 0) is 11.3 Å². The van der Waals surface area contributed by atoms with Gasteiger partial charge in [-0.3, -0.25) is 14.6 Å². The molecule has 1 aromatic carbocycles. The highest BCUT2D eigenvalue weighted by atomic mass is 16.4. The summed E-state index contributed by atoms with van der Waals surface area (Å²) in [7, 11) is 0. The minimum Gasteiger partial charge on any atom is -0.481 e. The number of carbonyl (C=O) groups excluding carboxylic acids is 2. The number of likely N-dealkylation sites (tertiary alicyclic amines) is 1. The first-order valence-electron chi connectivity index (χ1n) is 8.94. The first-order chi connectivity index (χ1) is 13.4. The van der Waals surface area contributed by atoms with Crippen molar-refractivity contribution in [1.82, 2.24) is 15.2 Å². The molecule has 1 unspecified atom stereocenters. The van der Waals surface area contributed by atoms with Crippen LogP contribution in [0.25, 0.3) is 0 Å². The number of aliphatic carboxylic acids is 1. The van der Waals surface area contributed by atoms with Crippen LogP contribution < -0.4 is 10.6 Å². The van der Waals surface area contributed by atoms with Gasteiger partial charge in [0, 0.05) is 43.3 Å². The average molecular weight is 382 g/mol. The molecule has 1 atom stereocenters. The topological polar surface area (TPSA) is 112 Å². The molecule has 1 aromatic heterocycles. The van der Waals surface area contributed by atoms with Gasteiger partial charge in [0.1, 0.15) is 0 Å². The summed E-state index contributed by atoms with van der Waals surface area (Å²) >= 11 is 0. The Morgan fingerprint density at radius 2 is 1.82 bits per heavy atom. The highest BCUT2D eigenvalue weighted by Gasteiger charge is 2.42. The molecule has 2 aromatic rings. The van der Waals surface area contributed by atoms with Gasteiger partial charge in [0.25, 0.3) is 5.91 Å². The van der Waals surface area contributed by atoms with E-state index in [9.17, 15) is 19.5 Å². The van der Waals surface area contributed by atoms with Gasteiger partial charge in [-0.05, 0) is 43.2 Å². The lowest BCUT2D eigenvalue weighted by Crippen LogP contribution is -2.40. The van der Waals surface area contributed by atoms with Crippen molar-refractivity contribution in [2.75, 3.05) is 18.4 Å². The predicted molar refractivity (Wildman–Crippen MR) is 103 cm³/mol. The van der Waals surface area contributed by atoms with Crippen molar-refractivity contribution in [2.24, 2.45) is 5.41 Å². The van der Waals surface area contributed by atoms with Crippen molar-refractivity contribution in [3.8, 4) is 0 Å². The summed E-state index contributed by atoms with van der Waals surface area (Å²) < 4.78 is 0. The Bertz CT molecular complexity index is 870. The van der Waals surface area contributed by atoms with Crippen molar-refractivity contribution in [2.45, 2.75) is 19.9 Å². The Kier molecular flexibility index (Phi) is 5.58. The second-order valence-corrected chi connectivity index (χ2v) is 7.08. The van der Waals surface area contributed by atoms with Crippen LogP contribution in [0.15, 0.2) is 48.8 Å². The fourth-order valence-electron chi connectivity index (χ4n) is 3.01. The highest BCUT2D eigenvalue weighted by Crippen LogP contribution is 2.30. The standard InChI is InChI=1S/C20H22N4O4/c1-20(18(26)27)8-11-24(13-20)19(28)22-12-14-2-4-16(5-3-14)23-17(25)15-6-9-21-10-7-15/h2-7,9-10H,8,11-13H2,1H3,(H,22,28)(H,23,25)(H,26,27). The molecule has 1 aliphatic heterocycles. The molecule has 8 nitrogen and oxygen atoms in total. The molecule has 146 valence electrons. The van der Waals surface area contributed by atoms with Crippen LogP contribution in [0.4, 0.5) is 10.5 Å². The number of nitrogens with one attached hydrogen (secondary N) is 2. The molecular weight excluding hydrogens is 360 g/mol. The smallest absolute Gasteiger partial charge is 0.317 e. The summed E-state index contributed by atoms with van der Waals surface area (Å²) in [5, 5.41) is 14.8. The zero-order chi connectivity index (χ0) is 20.1. The number of carboxylic acid groups (broad SMARTS) is 1. The van der Waals surface area contributed by atoms with E-state index in [0.29, 0.717) is 30.8 Å². The van der Waals surface area contributed by atoms with Gasteiger partial charge in [0.05, 0.1) is 5.41 Å². The second-order valence-electron chi connectivity index (χ2n) is 7.08. The SMILES string of the molecule is CC1(C(=O)O)CCN(C(=O)NCc2ccc(NC(=O)c3ccncc3)cc2)C1.